The third-order valence-electron chi connectivity index (χ3n) is 4.35. The maximum absolute atomic E-state index is 12.2. The van der Waals surface area contributed by atoms with Gasteiger partial charge in [0.2, 0.25) is 0 Å². The Hall–Kier alpha value is -3.02. The van der Waals surface area contributed by atoms with Gasteiger partial charge >= 0.3 is 5.97 Å². The first-order chi connectivity index (χ1) is 13.2. The molecule has 0 bridgehead atoms. The van der Waals surface area contributed by atoms with Crippen LogP contribution in [0, 0.1) is 5.92 Å². The SMILES string of the molecule is COc1ccc(OCC(=O)OCC(=O)NC(c2ccccc2)C2CC2)cc1. The number of methoxy groups -OCH3 is 1. The number of ether oxygens (including phenoxy) is 3. The van der Waals surface area contributed by atoms with E-state index in [0.717, 1.165) is 18.4 Å². The lowest BCUT2D eigenvalue weighted by atomic mass is 10.0. The fourth-order valence-corrected chi connectivity index (χ4v) is 2.78. The van der Waals surface area contributed by atoms with Crippen molar-refractivity contribution in [2.24, 2.45) is 5.92 Å². The number of nitrogens with one attached hydrogen (secondary N) is 1. The van der Waals surface area contributed by atoms with Crippen LogP contribution in [0.1, 0.15) is 24.4 Å². The fourth-order valence-electron chi connectivity index (χ4n) is 2.78. The molecule has 0 heterocycles. The highest BCUT2D eigenvalue weighted by molar-refractivity contribution is 5.81. The molecule has 1 N–H and O–H groups in total. The maximum atomic E-state index is 12.2. The van der Waals surface area contributed by atoms with E-state index in [0.29, 0.717) is 17.4 Å². The van der Waals surface area contributed by atoms with Gasteiger partial charge in [-0.25, -0.2) is 4.79 Å². The van der Waals surface area contributed by atoms with Crippen molar-refractivity contribution in [1.82, 2.24) is 5.32 Å². The quantitative estimate of drug-likeness (QED) is 0.688. The minimum absolute atomic E-state index is 0.0343. The van der Waals surface area contributed by atoms with Crippen molar-refractivity contribution >= 4 is 11.9 Å². The highest BCUT2D eigenvalue weighted by Crippen LogP contribution is 2.40. The van der Waals surface area contributed by atoms with Gasteiger partial charge in [-0.15, -0.1) is 0 Å². The Bertz CT molecular complexity index is 756. The molecule has 0 aromatic heterocycles. The molecule has 0 saturated heterocycles. The molecule has 0 spiro atoms. The number of hydrogen-bond donors (Lipinski definition) is 1. The van der Waals surface area contributed by atoms with Crippen molar-refractivity contribution in [3.8, 4) is 11.5 Å². The van der Waals surface area contributed by atoms with E-state index < -0.39 is 5.97 Å². The lowest BCUT2D eigenvalue weighted by Crippen LogP contribution is -2.34. The Kier molecular flexibility index (Phi) is 6.30. The van der Waals surface area contributed by atoms with Gasteiger partial charge in [0.05, 0.1) is 13.2 Å². The standard InChI is InChI=1S/C21H23NO5/c1-25-17-9-11-18(12-10-17)26-14-20(24)27-13-19(23)22-21(16-7-8-16)15-5-3-2-4-6-15/h2-6,9-12,16,21H,7-8,13-14H2,1H3,(H,22,23). The highest BCUT2D eigenvalue weighted by Gasteiger charge is 2.33. The Morgan fingerprint density at radius 3 is 2.30 bits per heavy atom. The van der Waals surface area contributed by atoms with Crippen LogP contribution in [0.3, 0.4) is 0 Å². The minimum Gasteiger partial charge on any atom is -0.497 e. The fraction of sp³-hybridized carbons (Fsp3) is 0.333. The summed E-state index contributed by atoms with van der Waals surface area (Å²) in [5.41, 5.74) is 1.07. The summed E-state index contributed by atoms with van der Waals surface area (Å²) in [6.45, 7) is -0.578. The second-order valence-electron chi connectivity index (χ2n) is 6.42. The number of esters is 1. The topological polar surface area (TPSA) is 73.9 Å². The molecule has 1 fully saturated rings. The van der Waals surface area contributed by atoms with Crippen LogP contribution in [-0.2, 0) is 14.3 Å². The highest BCUT2D eigenvalue weighted by atomic mass is 16.6. The monoisotopic (exact) mass is 369 g/mol. The first-order valence-corrected chi connectivity index (χ1v) is 8.92. The van der Waals surface area contributed by atoms with Crippen LogP contribution in [0.15, 0.2) is 54.6 Å². The normalized spacial score (nSPS) is 14.1. The number of hydrogen-bond acceptors (Lipinski definition) is 5. The second kappa shape index (κ2) is 9.07. The van der Waals surface area contributed by atoms with Crippen LogP contribution in [-0.4, -0.2) is 32.2 Å². The molecular formula is C21H23NO5. The molecule has 6 nitrogen and oxygen atoms in total. The van der Waals surface area contributed by atoms with Crippen LogP contribution in [0.5, 0.6) is 11.5 Å². The number of amides is 1. The molecule has 142 valence electrons. The maximum Gasteiger partial charge on any atom is 0.344 e. The molecular weight excluding hydrogens is 346 g/mol. The van der Waals surface area contributed by atoms with E-state index >= 15 is 0 Å². The Morgan fingerprint density at radius 2 is 1.67 bits per heavy atom. The van der Waals surface area contributed by atoms with Gasteiger partial charge in [-0.05, 0) is 48.6 Å². The van der Waals surface area contributed by atoms with E-state index in [-0.39, 0.29) is 25.2 Å². The van der Waals surface area contributed by atoms with Crippen LogP contribution < -0.4 is 14.8 Å². The summed E-state index contributed by atoms with van der Waals surface area (Å²) in [5.74, 6) is 0.767. The van der Waals surface area contributed by atoms with E-state index in [1.54, 1.807) is 31.4 Å². The van der Waals surface area contributed by atoms with Crippen molar-refractivity contribution in [1.29, 1.82) is 0 Å². The lowest BCUT2D eigenvalue weighted by Gasteiger charge is -2.18. The average Bonchev–Trinajstić information content (AvgIpc) is 3.55. The second-order valence-corrected chi connectivity index (χ2v) is 6.42. The largest absolute Gasteiger partial charge is 0.497 e. The Balaban J connectivity index is 1.42. The zero-order valence-electron chi connectivity index (χ0n) is 15.2. The van der Waals surface area contributed by atoms with Crippen molar-refractivity contribution < 1.29 is 23.8 Å². The van der Waals surface area contributed by atoms with Crippen molar-refractivity contribution in [2.45, 2.75) is 18.9 Å². The number of rotatable bonds is 9. The molecule has 2 aromatic rings. The van der Waals surface area contributed by atoms with Gasteiger partial charge in [0.25, 0.3) is 5.91 Å². The third-order valence-corrected chi connectivity index (χ3v) is 4.35. The molecule has 27 heavy (non-hydrogen) atoms. The van der Waals surface area contributed by atoms with Crippen LogP contribution in [0.4, 0.5) is 0 Å². The van der Waals surface area contributed by atoms with E-state index in [9.17, 15) is 9.59 Å². The van der Waals surface area contributed by atoms with Gasteiger partial charge in [0.15, 0.2) is 13.2 Å². The predicted molar refractivity (Wildman–Crippen MR) is 99.5 cm³/mol. The Morgan fingerprint density at radius 1 is 1.00 bits per heavy atom. The van der Waals surface area contributed by atoms with Crippen molar-refractivity contribution in [3.63, 3.8) is 0 Å². The molecule has 0 aliphatic heterocycles. The zero-order valence-corrected chi connectivity index (χ0v) is 15.2. The summed E-state index contributed by atoms with van der Waals surface area (Å²) < 4.78 is 15.4. The van der Waals surface area contributed by atoms with Gasteiger partial charge in [-0.3, -0.25) is 4.79 Å². The van der Waals surface area contributed by atoms with E-state index in [1.807, 2.05) is 30.3 Å². The Labute approximate surface area is 158 Å². The summed E-state index contributed by atoms with van der Waals surface area (Å²) in [4.78, 5) is 24.0. The van der Waals surface area contributed by atoms with Gasteiger partial charge in [-0.2, -0.15) is 0 Å². The van der Waals surface area contributed by atoms with Gasteiger partial charge in [0, 0.05) is 0 Å². The van der Waals surface area contributed by atoms with Crippen molar-refractivity contribution in [2.75, 3.05) is 20.3 Å². The van der Waals surface area contributed by atoms with Crippen LogP contribution in [0.25, 0.3) is 0 Å². The summed E-state index contributed by atoms with van der Waals surface area (Å²) in [6, 6.07) is 16.7. The smallest absolute Gasteiger partial charge is 0.344 e. The molecule has 1 atom stereocenters. The summed E-state index contributed by atoms with van der Waals surface area (Å²) >= 11 is 0. The van der Waals surface area contributed by atoms with Gasteiger partial charge < -0.3 is 19.5 Å². The van der Waals surface area contributed by atoms with Gasteiger partial charge in [0.1, 0.15) is 11.5 Å². The zero-order chi connectivity index (χ0) is 19.1. The van der Waals surface area contributed by atoms with E-state index in [2.05, 4.69) is 5.32 Å². The minimum atomic E-state index is -0.594. The predicted octanol–water partition coefficient (Wildman–Crippen LogP) is 2.88. The van der Waals surface area contributed by atoms with Crippen molar-refractivity contribution in [3.05, 3.63) is 60.2 Å². The molecule has 1 amide bonds. The summed E-state index contributed by atoms with van der Waals surface area (Å²) in [6.07, 6.45) is 2.19. The summed E-state index contributed by atoms with van der Waals surface area (Å²) in [5, 5.41) is 2.97. The number of carbonyl (C=O) groups excluding carboxylic acids is 2. The molecule has 3 rings (SSSR count). The third kappa shape index (κ3) is 5.74. The first kappa shape index (κ1) is 18.8. The molecule has 1 saturated carbocycles. The van der Waals surface area contributed by atoms with Crippen LogP contribution >= 0.6 is 0 Å². The molecule has 2 aromatic carbocycles. The number of carbonyl (C=O) groups is 2. The lowest BCUT2D eigenvalue weighted by molar-refractivity contribution is -0.150. The van der Waals surface area contributed by atoms with E-state index in [4.69, 9.17) is 14.2 Å². The van der Waals surface area contributed by atoms with Gasteiger partial charge in [-0.1, -0.05) is 30.3 Å². The molecule has 0 radical (unpaired) electrons. The average molecular weight is 369 g/mol. The van der Waals surface area contributed by atoms with E-state index in [1.165, 1.54) is 0 Å². The molecule has 6 heteroatoms. The molecule has 1 unspecified atom stereocenters. The molecule has 1 aliphatic carbocycles. The first-order valence-electron chi connectivity index (χ1n) is 8.92. The molecule has 1 aliphatic rings. The van der Waals surface area contributed by atoms with Crippen LogP contribution in [0.2, 0.25) is 0 Å². The number of benzene rings is 2. The summed E-state index contributed by atoms with van der Waals surface area (Å²) in [7, 11) is 1.57.